The highest BCUT2D eigenvalue weighted by atomic mass is 127. The molecule has 0 aliphatic carbocycles. The normalized spacial score (nSPS) is 14.1. The van der Waals surface area contributed by atoms with E-state index in [1.54, 1.807) is 19.5 Å². The monoisotopic (exact) mass is 560 g/mol. The van der Waals surface area contributed by atoms with Crippen molar-refractivity contribution in [2.75, 3.05) is 51.3 Å². The number of benzene rings is 1. The number of hydrogen-bond acceptors (Lipinski definition) is 6. The third-order valence-corrected chi connectivity index (χ3v) is 5.02. The molecule has 0 unspecified atom stereocenters. The molecule has 1 saturated heterocycles. The lowest BCUT2D eigenvalue weighted by molar-refractivity contribution is 0.311. The van der Waals surface area contributed by atoms with Crippen LogP contribution >= 0.6 is 35.6 Å². The number of aromatic nitrogens is 2. The Morgan fingerprint density at radius 3 is 2.48 bits per heavy atom. The molecule has 8 nitrogen and oxygen atoms in total. The smallest absolute Gasteiger partial charge is 0.225 e. The molecule has 1 aromatic heterocycles. The zero-order valence-electron chi connectivity index (χ0n) is 18.2. The number of ether oxygens (including phenoxy) is 2. The Kier molecular flexibility index (Phi) is 10.4. The van der Waals surface area contributed by atoms with Crippen LogP contribution in [-0.4, -0.2) is 67.3 Å². The summed E-state index contributed by atoms with van der Waals surface area (Å²) >= 11 is 6.39. The highest BCUT2D eigenvalue weighted by molar-refractivity contribution is 14.0. The molecule has 170 valence electrons. The van der Waals surface area contributed by atoms with Gasteiger partial charge in [0.1, 0.15) is 0 Å². The molecule has 10 heteroatoms. The maximum Gasteiger partial charge on any atom is 0.225 e. The molecule has 0 amide bonds. The minimum atomic E-state index is 0. The molecule has 0 saturated carbocycles. The van der Waals surface area contributed by atoms with Gasteiger partial charge >= 0.3 is 0 Å². The fraction of sp³-hybridized carbons (Fsp3) is 0.476. The van der Waals surface area contributed by atoms with Gasteiger partial charge in [-0.3, -0.25) is 0 Å². The molecule has 1 fully saturated rings. The number of rotatable bonds is 7. The van der Waals surface area contributed by atoms with Gasteiger partial charge in [-0.2, -0.15) is 0 Å². The molecule has 31 heavy (non-hydrogen) atoms. The fourth-order valence-electron chi connectivity index (χ4n) is 3.31. The lowest BCUT2D eigenvalue weighted by Crippen LogP contribution is -2.52. The van der Waals surface area contributed by atoms with Crippen molar-refractivity contribution in [2.24, 2.45) is 4.99 Å². The number of piperazine rings is 1. The van der Waals surface area contributed by atoms with E-state index in [4.69, 9.17) is 26.1 Å². The molecule has 1 N–H and O–H groups in total. The molecule has 2 aromatic rings. The second kappa shape index (κ2) is 12.7. The van der Waals surface area contributed by atoms with Crippen LogP contribution in [0.5, 0.6) is 11.5 Å². The van der Waals surface area contributed by atoms with Crippen LogP contribution in [-0.2, 0) is 6.54 Å². The van der Waals surface area contributed by atoms with Crippen LogP contribution in [0.4, 0.5) is 5.95 Å². The fourth-order valence-corrected chi connectivity index (χ4v) is 3.60. The predicted octanol–water partition coefficient (Wildman–Crippen LogP) is 3.44. The van der Waals surface area contributed by atoms with Gasteiger partial charge in [0.25, 0.3) is 0 Å². The van der Waals surface area contributed by atoms with E-state index >= 15 is 0 Å². The molecule has 0 spiro atoms. The van der Waals surface area contributed by atoms with Crippen LogP contribution in [0.3, 0.4) is 0 Å². The van der Waals surface area contributed by atoms with Gasteiger partial charge in [0.2, 0.25) is 5.95 Å². The van der Waals surface area contributed by atoms with Crippen molar-refractivity contribution in [2.45, 2.75) is 20.4 Å². The van der Waals surface area contributed by atoms with Crippen LogP contribution in [0.25, 0.3) is 0 Å². The van der Waals surface area contributed by atoms with Gasteiger partial charge < -0.3 is 24.6 Å². The Morgan fingerprint density at radius 2 is 1.87 bits per heavy atom. The van der Waals surface area contributed by atoms with Gasteiger partial charge in [0.05, 0.1) is 25.3 Å². The summed E-state index contributed by atoms with van der Waals surface area (Å²) in [7, 11) is 1.61. The van der Waals surface area contributed by atoms with Crippen molar-refractivity contribution < 1.29 is 9.47 Å². The highest BCUT2D eigenvalue weighted by Crippen LogP contribution is 2.36. The molecule has 1 aliphatic rings. The summed E-state index contributed by atoms with van der Waals surface area (Å²) in [6.45, 7) is 9.18. The number of hydrogen-bond donors (Lipinski definition) is 1. The summed E-state index contributed by atoms with van der Waals surface area (Å²) in [5.74, 6) is 2.85. The van der Waals surface area contributed by atoms with Gasteiger partial charge in [-0.15, -0.1) is 24.0 Å². The molecule has 0 bridgehead atoms. The molecule has 3 rings (SSSR count). The van der Waals surface area contributed by atoms with E-state index in [9.17, 15) is 0 Å². The Balaban J connectivity index is 0.00000341. The maximum absolute atomic E-state index is 6.39. The molecular formula is C21H30ClIN6O2. The topological polar surface area (TPSA) is 75.1 Å². The zero-order chi connectivity index (χ0) is 21.3. The number of methoxy groups -OCH3 is 1. The second-order valence-electron chi connectivity index (χ2n) is 6.74. The number of halogens is 2. The van der Waals surface area contributed by atoms with Crippen molar-refractivity contribution in [3.63, 3.8) is 0 Å². The van der Waals surface area contributed by atoms with Crippen molar-refractivity contribution in [3.05, 3.63) is 41.2 Å². The first-order valence-corrected chi connectivity index (χ1v) is 10.6. The van der Waals surface area contributed by atoms with Crippen LogP contribution < -0.4 is 19.7 Å². The molecule has 2 heterocycles. The van der Waals surface area contributed by atoms with Gasteiger partial charge in [-0.1, -0.05) is 11.6 Å². The molecule has 1 aliphatic heterocycles. The van der Waals surface area contributed by atoms with Crippen LogP contribution in [0.1, 0.15) is 19.4 Å². The van der Waals surface area contributed by atoms with E-state index in [2.05, 4.69) is 32.0 Å². The van der Waals surface area contributed by atoms with Crippen LogP contribution in [0.15, 0.2) is 35.6 Å². The lowest BCUT2D eigenvalue weighted by Gasteiger charge is -2.36. The van der Waals surface area contributed by atoms with Gasteiger partial charge in [-0.25, -0.2) is 15.0 Å². The second-order valence-corrected chi connectivity index (χ2v) is 7.14. The standard InChI is InChI=1S/C21H29ClN6O2.HI/c1-4-23-20(27-9-11-28(12-10-27)21-24-7-6-8-25-21)26-15-16-13-17(22)19(30-5-2)18(14-16)29-3;/h6-8,13-14H,4-5,9-12,15H2,1-3H3,(H,23,26);1H. The van der Waals surface area contributed by atoms with Crippen LogP contribution in [0, 0.1) is 0 Å². The van der Waals surface area contributed by atoms with Gasteiger partial charge in [0, 0.05) is 45.1 Å². The largest absolute Gasteiger partial charge is 0.493 e. The third-order valence-electron chi connectivity index (χ3n) is 4.74. The number of nitrogens with one attached hydrogen (secondary N) is 1. The number of guanidine groups is 1. The maximum atomic E-state index is 6.39. The quantitative estimate of drug-likeness (QED) is 0.316. The Bertz CT molecular complexity index is 847. The summed E-state index contributed by atoms with van der Waals surface area (Å²) in [6.07, 6.45) is 3.55. The zero-order valence-corrected chi connectivity index (χ0v) is 21.3. The minimum absolute atomic E-state index is 0. The van der Waals surface area contributed by atoms with E-state index in [1.807, 2.05) is 25.1 Å². The highest BCUT2D eigenvalue weighted by Gasteiger charge is 2.21. The van der Waals surface area contributed by atoms with Crippen molar-refractivity contribution >= 4 is 47.5 Å². The average molecular weight is 561 g/mol. The van der Waals surface area contributed by atoms with E-state index in [0.717, 1.165) is 50.2 Å². The van der Waals surface area contributed by atoms with Crippen molar-refractivity contribution in [1.82, 2.24) is 20.2 Å². The number of aliphatic imine (C=N–C) groups is 1. The van der Waals surface area contributed by atoms with Gasteiger partial charge in [0.15, 0.2) is 17.5 Å². The third kappa shape index (κ3) is 6.73. The van der Waals surface area contributed by atoms with Crippen LogP contribution in [0.2, 0.25) is 5.02 Å². The van der Waals surface area contributed by atoms with Gasteiger partial charge in [-0.05, 0) is 37.6 Å². The summed E-state index contributed by atoms with van der Waals surface area (Å²) in [5.41, 5.74) is 0.965. The van der Waals surface area contributed by atoms with Crippen molar-refractivity contribution in [3.8, 4) is 11.5 Å². The average Bonchev–Trinajstić information content (AvgIpc) is 2.79. The first-order chi connectivity index (χ1) is 14.7. The lowest BCUT2D eigenvalue weighted by atomic mass is 10.2. The molecule has 0 atom stereocenters. The summed E-state index contributed by atoms with van der Waals surface area (Å²) in [6, 6.07) is 5.64. The number of anilines is 1. The molecular weight excluding hydrogens is 531 g/mol. The molecule has 0 radical (unpaired) electrons. The van der Waals surface area contributed by atoms with E-state index in [1.165, 1.54) is 0 Å². The first-order valence-electron chi connectivity index (χ1n) is 10.2. The Morgan fingerprint density at radius 1 is 1.16 bits per heavy atom. The molecule has 1 aromatic carbocycles. The Labute approximate surface area is 206 Å². The Hall–Kier alpha value is -2.01. The van der Waals surface area contributed by atoms with E-state index in [0.29, 0.717) is 29.7 Å². The predicted molar refractivity (Wildman–Crippen MR) is 135 cm³/mol. The van der Waals surface area contributed by atoms with E-state index < -0.39 is 0 Å². The summed E-state index contributed by atoms with van der Waals surface area (Å²) in [4.78, 5) is 18.0. The van der Waals surface area contributed by atoms with E-state index in [-0.39, 0.29) is 24.0 Å². The SMILES string of the molecule is CCNC(=NCc1cc(Cl)c(OCC)c(OC)c1)N1CCN(c2ncccn2)CC1.I. The summed E-state index contributed by atoms with van der Waals surface area (Å²) < 4.78 is 11.0. The first kappa shape index (κ1) is 25.3. The summed E-state index contributed by atoms with van der Waals surface area (Å²) in [5, 5.41) is 3.92. The minimum Gasteiger partial charge on any atom is -0.493 e. The number of nitrogens with zero attached hydrogens (tertiary/aromatic N) is 5. The van der Waals surface area contributed by atoms with Crippen molar-refractivity contribution in [1.29, 1.82) is 0 Å².